The molecule has 7 heteroatoms. The van der Waals surface area contributed by atoms with Crippen LogP contribution in [0, 0.1) is 0 Å². The first-order chi connectivity index (χ1) is 11.5. The van der Waals surface area contributed by atoms with Gasteiger partial charge in [-0.2, -0.15) is 0 Å². The average molecular weight is 346 g/mol. The van der Waals surface area contributed by atoms with Crippen LogP contribution in [0.15, 0.2) is 29.1 Å². The Kier molecular flexibility index (Phi) is 4.53. The van der Waals surface area contributed by atoms with Crippen LogP contribution in [0.2, 0.25) is 0 Å². The molecule has 0 spiro atoms. The summed E-state index contributed by atoms with van der Waals surface area (Å²) >= 11 is 1.49. The van der Waals surface area contributed by atoms with Crippen molar-refractivity contribution < 1.29 is 19.1 Å². The molecule has 3 rings (SSSR count). The molecule has 1 aliphatic heterocycles. The summed E-state index contributed by atoms with van der Waals surface area (Å²) in [7, 11) is 0. The topological polar surface area (TPSA) is 68.7 Å². The summed E-state index contributed by atoms with van der Waals surface area (Å²) in [4.78, 5) is 30.3. The second kappa shape index (κ2) is 6.60. The lowest BCUT2D eigenvalue weighted by Gasteiger charge is -2.33. The van der Waals surface area contributed by atoms with E-state index in [1.807, 2.05) is 17.5 Å². The summed E-state index contributed by atoms with van der Waals surface area (Å²) in [5, 5.41) is 1.92. The van der Waals surface area contributed by atoms with Crippen LogP contribution in [0.5, 0.6) is 5.75 Å². The first-order valence-corrected chi connectivity index (χ1v) is 8.59. The number of ether oxygens (including phenoxy) is 2. The number of thiazole rings is 1. The Bertz CT molecular complexity index is 758. The van der Waals surface area contributed by atoms with E-state index in [0.717, 1.165) is 11.3 Å². The highest BCUT2D eigenvalue weighted by Crippen LogP contribution is 2.37. The zero-order valence-electron chi connectivity index (χ0n) is 13.7. The summed E-state index contributed by atoms with van der Waals surface area (Å²) in [6, 6.07) is 4.78. The van der Waals surface area contributed by atoms with Gasteiger partial charge in [-0.05, 0) is 39.0 Å². The van der Waals surface area contributed by atoms with Gasteiger partial charge in [0.15, 0.2) is 6.61 Å². The molecule has 1 amide bonds. The third-order valence-electron chi connectivity index (χ3n) is 3.65. The maximum atomic E-state index is 12.4. The molecule has 1 aromatic carbocycles. The Morgan fingerprint density at radius 2 is 2.17 bits per heavy atom. The van der Waals surface area contributed by atoms with Crippen LogP contribution in [0.25, 0.3) is 11.3 Å². The largest absolute Gasteiger partial charge is 0.482 e. The molecule has 1 aliphatic rings. The molecule has 1 unspecified atom stereocenters. The number of anilines is 1. The number of nitrogens with zero attached hydrogens (tertiary/aromatic N) is 2. The van der Waals surface area contributed by atoms with Gasteiger partial charge in [0, 0.05) is 10.9 Å². The summed E-state index contributed by atoms with van der Waals surface area (Å²) < 4.78 is 10.7. The van der Waals surface area contributed by atoms with E-state index < -0.39 is 12.0 Å². The normalized spacial score (nSPS) is 15.0. The minimum Gasteiger partial charge on any atom is -0.482 e. The molecule has 1 atom stereocenters. The van der Waals surface area contributed by atoms with Crippen molar-refractivity contribution in [1.82, 2.24) is 4.98 Å². The predicted octanol–water partition coefficient (Wildman–Crippen LogP) is 2.88. The Morgan fingerprint density at radius 1 is 1.38 bits per heavy atom. The Morgan fingerprint density at radius 3 is 2.83 bits per heavy atom. The lowest BCUT2D eigenvalue weighted by atomic mass is 10.1. The fourth-order valence-electron chi connectivity index (χ4n) is 2.55. The van der Waals surface area contributed by atoms with Crippen LogP contribution in [0.1, 0.15) is 20.8 Å². The maximum Gasteiger partial charge on any atom is 0.329 e. The fourth-order valence-corrected chi connectivity index (χ4v) is 3.11. The second-order valence-electron chi connectivity index (χ2n) is 5.77. The molecule has 2 aromatic rings. The van der Waals surface area contributed by atoms with Gasteiger partial charge in [0.1, 0.15) is 11.8 Å². The highest BCUT2D eigenvalue weighted by Gasteiger charge is 2.34. The number of hydrogen-bond acceptors (Lipinski definition) is 6. The van der Waals surface area contributed by atoms with Crippen molar-refractivity contribution in [2.45, 2.75) is 32.9 Å². The summed E-state index contributed by atoms with van der Waals surface area (Å²) in [5.41, 5.74) is 3.99. The van der Waals surface area contributed by atoms with Crippen molar-refractivity contribution in [3.8, 4) is 17.0 Å². The Balaban J connectivity index is 1.98. The van der Waals surface area contributed by atoms with Gasteiger partial charge in [0.2, 0.25) is 0 Å². The number of amides is 1. The number of carbonyl (C=O) groups is 2. The predicted molar refractivity (Wildman–Crippen MR) is 91.2 cm³/mol. The summed E-state index contributed by atoms with van der Waals surface area (Å²) in [5.74, 6) is -0.144. The van der Waals surface area contributed by atoms with Crippen molar-refractivity contribution in [1.29, 1.82) is 0 Å². The number of rotatable bonds is 4. The van der Waals surface area contributed by atoms with E-state index in [9.17, 15) is 9.59 Å². The third-order valence-corrected chi connectivity index (χ3v) is 4.23. The van der Waals surface area contributed by atoms with Crippen LogP contribution < -0.4 is 9.64 Å². The van der Waals surface area contributed by atoms with Gasteiger partial charge in [-0.3, -0.25) is 9.69 Å². The van der Waals surface area contributed by atoms with Gasteiger partial charge in [-0.1, -0.05) is 0 Å². The number of aromatic nitrogens is 1. The minimum absolute atomic E-state index is 0.0949. The van der Waals surface area contributed by atoms with Crippen LogP contribution in [-0.2, 0) is 14.3 Å². The number of benzene rings is 1. The molecular formula is C17H18N2O4S. The van der Waals surface area contributed by atoms with Crippen molar-refractivity contribution in [2.24, 2.45) is 0 Å². The zero-order valence-corrected chi connectivity index (χ0v) is 14.5. The molecule has 0 saturated carbocycles. The SMILES string of the molecule is CC(C)OC(=O)C(C)N1C(=O)COc2ccc(-c3cscn3)cc21. The lowest BCUT2D eigenvalue weighted by Crippen LogP contribution is -2.49. The number of hydrogen-bond donors (Lipinski definition) is 0. The standard InChI is InChI=1S/C17H18N2O4S/c1-10(2)23-17(21)11(3)19-14-6-12(13-8-24-9-18-13)4-5-15(14)22-7-16(19)20/h4-6,8-11H,7H2,1-3H3. The lowest BCUT2D eigenvalue weighted by molar-refractivity contribution is -0.149. The number of fused-ring (bicyclic) bond motifs is 1. The minimum atomic E-state index is -0.728. The van der Waals surface area contributed by atoms with Gasteiger partial charge in [0.05, 0.1) is 23.0 Å². The van der Waals surface area contributed by atoms with Crippen LogP contribution in [0.3, 0.4) is 0 Å². The van der Waals surface area contributed by atoms with Crippen LogP contribution in [0.4, 0.5) is 5.69 Å². The van der Waals surface area contributed by atoms with E-state index in [0.29, 0.717) is 11.4 Å². The molecule has 0 fully saturated rings. The highest BCUT2D eigenvalue weighted by molar-refractivity contribution is 7.07. The second-order valence-corrected chi connectivity index (χ2v) is 6.49. The van der Waals surface area contributed by atoms with Gasteiger partial charge in [0.25, 0.3) is 5.91 Å². The summed E-state index contributed by atoms with van der Waals surface area (Å²) in [6.45, 7) is 5.12. The van der Waals surface area contributed by atoms with Gasteiger partial charge >= 0.3 is 5.97 Å². The molecule has 0 radical (unpaired) electrons. The summed E-state index contributed by atoms with van der Waals surface area (Å²) in [6.07, 6.45) is -0.239. The Hall–Kier alpha value is -2.41. The number of esters is 1. The van der Waals surface area contributed by atoms with Gasteiger partial charge in [-0.25, -0.2) is 9.78 Å². The van der Waals surface area contributed by atoms with E-state index >= 15 is 0 Å². The van der Waals surface area contributed by atoms with E-state index in [1.54, 1.807) is 32.3 Å². The fraction of sp³-hybridized carbons (Fsp3) is 0.353. The molecule has 0 bridgehead atoms. The molecule has 0 aliphatic carbocycles. The third kappa shape index (κ3) is 3.12. The van der Waals surface area contributed by atoms with Crippen molar-refractivity contribution >= 4 is 28.9 Å². The van der Waals surface area contributed by atoms with E-state index in [2.05, 4.69) is 4.98 Å². The number of carbonyl (C=O) groups excluding carboxylic acids is 2. The van der Waals surface area contributed by atoms with Crippen LogP contribution >= 0.6 is 11.3 Å². The van der Waals surface area contributed by atoms with Crippen LogP contribution in [-0.4, -0.2) is 35.6 Å². The van der Waals surface area contributed by atoms with E-state index in [-0.39, 0.29) is 18.6 Å². The molecule has 1 aromatic heterocycles. The van der Waals surface area contributed by atoms with E-state index in [4.69, 9.17) is 9.47 Å². The van der Waals surface area contributed by atoms with Crippen molar-refractivity contribution in [3.05, 3.63) is 29.1 Å². The monoisotopic (exact) mass is 346 g/mol. The van der Waals surface area contributed by atoms with Crippen molar-refractivity contribution in [3.63, 3.8) is 0 Å². The van der Waals surface area contributed by atoms with E-state index in [1.165, 1.54) is 16.2 Å². The average Bonchev–Trinajstić information content (AvgIpc) is 3.07. The van der Waals surface area contributed by atoms with Crippen molar-refractivity contribution in [2.75, 3.05) is 11.5 Å². The maximum absolute atomic E-state index is 12.4. The quantitative estimate of drug-likeness (QED) is 0.796. The highest BCUT2D eigenvalue weighted by atomic mass is 32.1. The molecule has 0 N–H and O–H groups in total. The first kappa shape index (κ1) is 16.4. The zero-order chi connectivity index (χ0) is 17.3. The molecular weight excluding hydrogens is 328 g/mol. The van der Waals surface area contributed by atoms with Gasteiger partial charge < -0.3 is 9.47 Å². The Labute approximate surface area is 144 Å². The first-order valence-electron chi connectivity index (χ1n) is 7.65. The molecule has 2 heterocycles. The smallest absolute Gasteiger partial charge is 0.329 e. The molecule has 0 saturated heterocycles. The molecule has 126 valence electrons. The van der Waals surface area contributed by atoms with Gasteiger partial charge in [-0.15, -0.1) is 11.3 Å². The molecule has 24 heavy (non-hydrogen) atoms. The molecule has 6 nitrogen and oxygen atoms in total.